The van der Waals surface area contributed by atoms with Gasteiger partial charge < -0.3 is 5.32 Å². The Morgan fingerprint density at radius 1 is 1.37 bits per heavy atom. The van der Waals surface area contributed by atoms with Crippen molar-refractivity contribution in [2.45, 2.75) is 19.4 Å². The molecule has 6 heteroatoms. The van der Waals surface area contributed by atoms with Crippen molar-refractivity contribution in [3.05, 3.63) is 47.3 Å². The summed E-state index contributed by atoms with van der Waals surface area (Å²) in [6.45, 7) is 2.62. The molecule has 19 heavy (non-hydrogen) atoms. The van der Waals surface area contributed by atoms with Crippen LogP contribution in [0.15, 0.2) is 24.4 Å². The van der Waals surface area contributed by atoms with Crippen LogP contribution >= 0.6 is 0 Å². The predicted molar refractivity (Wildman–Crippen MR) is 67.5 cm³/mol. The molecule has 1 atom stereocenters. The van der Waals surface area contributed by atoms with Crippen molar-refractivity contribution in [3.8, 4) is 0 Å². The summed E-state index contributed by atoms with van der Waals surface area (Å²) >= 11 is 0. The second kappa shape index (κ2) is 5.88. The van der Waals surface area contributed by atoms with Gasteiger partial charge in [0.1, 0.15) is 11.6 Å². The standard InChI is InChI=1S/C13H16F2N4/c1-3-16-13(7-10-8-19(2)18-17-10)11-5-4-9(14)6-12(11)15/h4-6,8,13,16H,3,7H2,1-2H3. The van der Waals surface area contributed by atoms with Crippen molar-refractivity contribution >= 4 is 0 Å². The van der Waals surface area contributed by atoms with E-state index in [2.05, 4.69) is 15.6 Å². The van der Waals surface area contributed by atoms with Crippen LogP contribution < -0.4 is 5.32 Å². The third kappa shape index (κ3) is 3.35. The number of aryl methyl sites for hydroxylation is 1. The van der Waals surface area contributed by atoms with E-state index in [9.17, 15) is 8.78 Å². The Kier molecular flexibility index (Phi) is 4.21. The molecule has 0 spiro atoms. The highest BCUT2D eigenvalue weighted by Gasteiger charge is 2.17. The van der Waals surface area contributed by atoms with Crippen molar-refractivity contribution in [2.24, 2.45) is 7.05 Å². The molecule has 0 aliphatic rings. The minimum absolute atomic E-state index is 0.248. The Balaban J connectivity index is 2.23. The number of hydrogen-bond donors (Lipinski definition) is 1. The van der Waals surface area contributed by atoms with E-state index in [1.54, 1.807) is 17.9 Å². The van der Waals surface area contributed by atoms with Gasteiger partial charge in [0, 0.05) is 37.3 Å². The van der Waals surface area contributed by atoms with Crippen LogP contribution in [0.1, 0.15) is 24.2 Å². The zero-order valence-electron chi connectivity index (χ0n) is 10.9. The van der Waals surface area contributed by atoms with Crippen LogP contribution in [-0.4, -0.2) is 21.5 Å². The maximum atomic E-state index is 13.8. The van der Waals surface area contributed by atoms with Crippen LogP contribution in [-0.2, 0) is 13.5 Å². The maximum Gasteiger partial charge on any atom is 0.130 e. The van der Waals surface area contributed by atoms with E-state index in [0.29, 0.717) is 18.5 Å². The second-order valence-corrected chi connectivity index (χ2v) is 4.36. The lowest BCUT2D eigenvalue weighted by Gasteiger charge is -2.17. The summed E-state index contributed by atoms with van der Waals surface area (Å²) < 4.78 is 28.3. The van der Waals surface area contributed by atoms with Gasteiger partial charge in [-0.2, -0.15) is 0 Å². The molecule has 1 aromatic heterocycles. The molecule has 0 radical (unpaired) electrons. The van der Waals surface area contributed by atoms with Gasteiger partial charge in [0.15, 0.2) is 0 Å². The molecule has 0 aliphatic carbocycles. The number of halogens is 2. The molecule has 0 fully saturated rings. The molecule has 0 amide bonds. The number of nitrogens with zero attached hydrogens (tertiary/aromatic N) is 3. The number of benzene rings is 1. The highest BCUT2D eigenvalue weighted by atomic mass is 19.1. The van der Waals surface area contributed by atoms with Gasteiger partial charge in [0.2, 0.25) is 0 Å². The van der Waals surface area contributed by atoms with Crippen LogP contribution in [0, 0.1) is 11.6 Å². The number of nitrogens with one attached hydrogen (secondary N) is 1. The van der Waals surface area contributed by atoms with E-state index < -0.39 is 11.6 Å². The van der Waals surface area contributed by atoms with Crippen molar-refractivity contribution < 1.29 is 8.78 Å². The summed E-state index contributed by atoms with van der Waals surface area (Å²) in [6.07, 6.45) is 2.29. The highest BCUT2D eigenvalue weighted by molar-refractivity contribution is 5.23. The van der Waals surface area contributed by atoms with E-state index in [0.717, 1.165) is 11.8 Å². The van der Waals surface area contributed by atoms with Crippen LogP contribution in [0.4, 0.5) is 8.78 Å². The lowest BCUT2D eigenvalue weighted by molar-refractivity contribution is 0.498. The zero-order chi connectivity index (χ0) is 13.8. The summed E-state index contributed by atoms with van der Waals surface area (Å²) in [7, 11) is 1.78. The van der Waals surface area contributed by atoms with Gasteiger partial charge >= 0.3 is 0 Å². The summed E-state index contributed by atoms with van der Waals surface area (Å²) in [6, 6.07) is 3.38. The van der Waals surface area contributed by atoms with E-state index in [1.807, 2.05) is 6.92 Å². The van der Waals surface area contributed by atoms with Crippen LogP contribution in [0.3, 0.4) is 0 Å². The molecule has 0 bridgehead atoms. The van der Waals surface area contributed by atoms with Gasteiger partial charge in [-0.05, 0) is 12.6 Å². The van der Waals surface area contributed by atoms with Gasteiger partial charge in [-0.1, -0.05) is 18.2 Å². The topological polar surface area (TPSA) is 42.7 Å². The number of aromatic nitrogens is 3. The summed E-state index contributed by atoms with van der Waals surface area (Å²) in [5, 5.41) is 11.0. The average Bonchev–Trinajstić information content (AvgIpc) is 2.74. The molecule has 0 saturated heterocycles. The molecule has 4 nitrogen and oxygen atoms in total. The molecule has 0 aliphatic heterocycles. The first kappa shape index (κ1) is 13.6. The lowest BCUT2D eigenvalue weighted by atomic mass is 10.0. The molecule has 1 aromatic carbocycles. The Labute approximate surface area is 110 Å². The highest BCUT2D eigenvalue weighted by Crippen LogP contribution is 2.21. The predicted octanol–water partition coefficient (Wildman–Crippen LogP) is 1.99. The van der Waals surface area contributed by atoms with Crippen molar-refractivity contribution in [2.75, 3.05) is 6.54 Å². The second-order valence-electron chi connectivity index (χ2n) is 4.36. The van der Waals surface area contributed by atoms with Gasteiger partial charge in [0.05, 0.1) is 5.69 Å². The van der Waals surface area contributed by atoms with E-state index >= 15 is 0 Å². The fourth-order valence-corrected chi connectivity index (χ4v) is 2.02. The van der Waals surface area contributed by atoms with Crippen molar-refractivity contribution in [1.82, 2.24) is 20.3 Å². The third-order valence-electron chi connectivity index (χ3n) is 2.85. The quantitative estimate of drug-likeness (QED) is 0.900. The summed E-state index contributed by atoms with van der Waals surface area (Å²) in [5.41, 5.74) is 1.20. The smallest absolute Gasteiger partial charge is 0.130 e. The first-order valence-corrected chi connectivity index (χ1v) is 6.13. The first-order chi connectivity index (χ1) is 9.10. The number of likely N-dealkylation sites (N-methyl/N-ethyl adjacent to an activating group) is 1. The number of hydrogen-bond acceptors (Lipinski definition) is 3. The fraction of sp³-hybridized carbons (Fsp3) is 0.385. The Morgan fingerprint density at radius 2 is 2.16 bits per heavy atom. The molecular weight excluding hydrogens is 250 g/mol. The summed E-state index contributed by atoms with van der Waals surface area (Å²) in [5.74, 6) is -1.12. The molecule has 1 heterocycles. The van der Waals surface area contributed by atoms with Crippen LogP contribution in [0.2, 0.25) is 0 Å². The minimum Gasteiger partial charge on any atom is -0.310 e. The molecule has 0 saturated carbocycles. The van der Waals surface area contributed by atoms with Crippen LogP contribution in [0.5, 0.6) is 0 Å². The van der Waals surface area contributed by atoms with E-state index in [1.165, 1.54) is 12.1 Å². The Morgan fingerprint density at radius 3 is 2.74 bits per heavy atom. The van der Waals surface area contributed by atoms with Gasteiger partial charge in [0.25, 0.3) is 0 Å². The third-order valence-corrected chi connectivity index (χ3v) is 2.85. The molecule has 2 aromatic rings. The normalized spacial score (nSPS) is 12.6. The summed E-state index contributed by atoms with van der Waals surface area (Å²) in [4.78, 5) is 0. The van der Waals surface area contributed by atoms with E-state index in [4.69, 9.17) is 0 Å². The molecule has 1 unspecified atom stereocenters. The van der Waals surface area contributed by atoms with Crippen molar-refractivity contribution in [3.63, 3.8) is 0 Å². The maximum absolute atomic E-state index is 13.8. The SMILES string of the molecule is CCNC(Cc1cn(C)nn1)c1ccc(F)cc1F. The monoisotopic (exact) mass is 266 g/mol. The molecule has 102 valence electrons. The van der Waals surface area contributed by atoms with Gasteiger partial charge in [-0.25, -0.2) is 8.78 Å². The van der Waals surface area contributed by atoms with E-state index in [-0.39, 0.29) is 6.04 Å². The first-order valence-electron chi connectivity index (χ1n) is 6.13. The van der Waals surface area contributed by atoms with Gasteiger partial charge in [-0.15, -0.1) is 5.10 Å². The Hall–Kier alpha value is -1.82. The lowest BCUT2D eigenvalue weighted by Crippen LogP contribution is -2.24. The zero-order valence-corrected chi connectivity index (χ0v) is 10.9. The largest absolute Gasteiger partial charge is 0.310 e. The van der Waals surface area contributed by atoms with Gasteiger partial charge in [-0.3, -0.25) is 4.68 Å². The average molecular weight is 266 g/mol. The Bertz CT molecular complexity index is 553. The fourth-order valence-electron chi connectivity index (χ4n) is 2.02. The van der Waals surface area contributed by atoms with Crippen LogP contribution in [0.25, 0.3) is 0 Å². The van der Waals surface area contributed by atoms with Crippen molar-refractivity contribution in [1.29, 1.82) is 0 Å². The minimum atomic E-state index is -0.573. The molecule has 2 rings (SSSR count). The molecule has 1 N–H and O–H groups in total. The molecular formula is C13H16F2N4. The number of rotatable bonds is 5.